The van der Waals surface area contributed by atoms with Gasteiger partial charge in [-0.2, -0.15) is 0 Å². The van der Waals surface area contributed by atoms with Gasteiger partial charge in [0.15, 0.2) is 11.5 Å². The molecular formula is C25H34N6O4. The molecule has 1 aromatic carbocycles. The summed E-state index contributed by atoms with van der Waals surface area (Å²) in [5.74, 6) is 0.402. The lowest BCUT2D eigenvalue weighted by Crippen LogP contribution is -2.51. The Bertz CT molecular complexity index is 1120. The van der Waals surface area contributed by atoms with Crippen molar-refractivity contribution in [1.29, 1.82) is 0 Å². The highest BCUT2D eigenvalue weighted by Crippen LogP contribution is 2.18. The maximum Gasteiger partial charge on any atom is 0.407 e. The number of hydrogen-bond donors (Lipinski definition) is 3. The molecule has 0 aliphatic rings. The first kappa shape index (κ1) is 26.1. The smallest absolute Gasteiger partial charge is 0.407 e. The van der Waals surface area contributed by atoms with Gasteiger partial charge in [0.2, 0.25) is 5.91 Å². The van der Waals surface area contributed by atoms with Crippen molar-refractivity contribution >= 4 is 17.6 Å². The highest BCUT2D eigenvalue weighted by Gasteiger charge is 2.28. The molecule has 3 aromatic rings. The van der Waals surface area contributed by atoms with E-state index in [0.717, 1.165) is 5.56 Å². The first-order valence-electron chi connectivity index (χ1n) is 11.6. The summed E-state index contributed by atoms with van der Waals surface area (Å²) in [6.07, 6.45) is -0.508. The first-order chi connectivity index (χ1) is 16.6. The number of ether oxygens (including phenoxy) is 2. The molecule has 0 spiro atoms. The van der Waals surface area contributed by atoms with Crippen molar-refractivity contribution in [3.8, 4) is 0 Å². The molecule has 0 fully saturated rings. The number of hydrogen-bond acceptors (Lipinski definition) is 7. The highest BCUT2D eigenvalue weighted by atomic mass is 16.5. The first-order valence-corrected chi connectivity index (χ1v) is 11.6. The van der Waals surface area contributed by atoms with Gasteiger partial charge in [-0.3, -0.25) is 9.20 Å². The van der Waals surface area contributed by atoms with Crippen molar-refractivity contribution in [3.63, 3.8) is 0 Å². The van der Waals surface area contributed by atoms with Crippen LogP contribution in [0.25, 0.3) is 5.65 Å². The average molecular weight is 483 g/mol. The zero-order chi connectivity index (χ0) is 25.4. The summed E-state index contributed by atoms with van der Waals surface area (Å²) in [6.45, 7) is 8.28. The minimum absolute atomic E-state index is 0.000228. The number of nitrogens with zero attached hydrogens (tertiary/aromatic N) is 3. The number of nitrogens with one attached hydrogen (secondary N) is 2. The molecule has 0 saturated heterocycles. The van der Waals surface area contributed by atoms with Crippen LogP contribution in [0.3, 0.4) is 0 Å². The summed E-state index contributed by atoms with van der Waals surface area (Å²) in [4.78, 5) is 24.8. The van der Waals surface area contributed by atoms with Crippen LogP contribution in [0, 0.1) is 5.92 Å². The summed E-state index contributed by atoms with van der Waals surface area (Å²) in [7, 11) is 0. The van der Waals surface area contributed by atoms with Gasteiger partial charge in [0, 0.05) is 6.54 Å². The van der Waals surface area contributed by atoms with Crippen molar-refractivity contribution in [3.05, 3.63) is 65.6 Å². The Kier molecular flexibility index (Phi) is 8.78. The monoisotopic (exact) mass is 482 g/mol. The van der Waals surface area contributed by atoms with E-state index in [4.69, 9.17) is 15.2 Å². The maximum atomic E-state index is 12.7. The third-order valence-corrected chi connectivity index (χ3v) is 5.14. The number of aromatic nitrogens is 3. The Morgan fingerprint density at radius 3 is 2.49 bits per heavy atom. The van der Waals surface area contributed by atoms with E-state index in [0.29, 0.717) is 36.2 Å². The van der Waals surface area contributed by atoms with E-state index >= 15 is 0 Å². The van der Waals surface area contributed by atoms with Crippen LogP contribution in [0.1, 0.15) is 50.8 Å². The summed E-state index contributed by atoms with van der Waals surface area (Å²) in [5, 5.41) is 14.2. The van der Waals surface area contributed by atoms with E-state index in [1.54, 1.807) is 30.4 Å². The van der Waals surface area contributed by atoms with Gasteiger partial charge >= 0.3 is 6.09 Å². The van der Waals surface area contributed by atoms with Gasteiger partial charge in [-0.25, -0.2) is 4.79 Å². The van der Waals surface area contributed by atoms with Gasteiger partial charge in [-0.05, 0) is 37.5 Å². The molecule has 0 aliphatic heterocycles. The van der Waals surface area contributed by atoms with E-state index in [2.05, 4.69) is 20.8 Å². The lowest BCUT2D eigenvalue weighted by atomic mass is 10.1. The lowest BCUT2D eigenvalue weighted by Gasteiger charge is -2.24. The number of pyridine rings is 1. The Balaban J connectivity index is 1.83. The molecule has 1 atom stereocenters. The van der Waals surface area contributed by atoms with Crippen LogP contribution in [0.2, 0.25) is 0 Å². The summed E-state index contributed by atoms with van der Waals surface area (Å²) < 4.78 is 13.1. The van der Waals surface area contributed by atoms with Crippen LogP contribution in [0.15, 0.2) is 48.5 Å². The largest absolute Gasteiger partial charge is 0.443 e. The number of benzene rings is 1. The summed E-state index contributed by atoms with van der Waals surface area (Å²) >= 11 is 0. The molecule has 3 rings (SSSR count). The van der Waals surface area contributed by atoms with Gasteiger partial charge in [-0.1, -0.05) is 50.2 Å². The lowest BCUT2D eigenvalue weighted by molar-refractivity contribution is -0.126. The van der Waals surface area contributed by atoms with E-state index < -0.39 is 17.7 Å². The number of fused-ring (bicyclic) bond motifs is 1. The molecule has 35 heavy (non-hydrogen) atoms. The zero-order valence-corrected chi connectivity index (χ0v) is 20.7. The van der Waals surface area contributed by atoms with Crippen molar-refractivity contribution in [2.45, 2.75) is 52.5 Å². The Morgan fingerprint density at radius 1 is 1.06 bits per heavy atom. The van der Waals surface area contributed by atoms with Crippen LogP contribution in [-0.4, -0.2) is 45.3 Å². The van der Waals surface area contributed by atoms with Crippen molar-refractivity contribution in [2.24, 2.45) is 11.7 Å². The summed E-state index contributed by atoms with van der Waals surface area (Å²) in [6, 6.07) is 14.5. The van der Waals surface area contributed by atoms with E-state index in [-0.39, 0.29) is 19.1 Å². The van der Waals surface area contributed by atoms with E-state index in [1.807, 2.05) is 50.2 Å². The minimum atomic E-state index is -1.10. The quantitative estimate of drug-likeness (QED) is 0.383. The molecule has 0 unspecified atom stereocenters. The third kappa shape index (κ3) is 7.49. The molecule has 0 aliphatic carbocycles. The highest BCUT2D eigenvalue weighted by molar-refractivity contribution is 5.85. The Labute approximate surface area is 205 Å². The molecule has 2 amide bonds. The fourth-order valence-corrected chi connectivity index (χ4v) is 3.24. The van der Waals surface area contributed by atoms with Crippen LogP contribution >= 0.6 is 0 Å². The van der Waals surface area contributed by atoms with E-state index in [9.17, 15) is 9.59 Å². The normalized spacial score (nSPS) is 12.5. The van der Waals surface area contributed by atoms with Crippen LogP contribution in [-0.2, 0) is 27.5 Å². The van der Waals surface area contributed by atoms with Crippen molar-refractivity contribution < 1.29 is 19.1 Å². The second kappa shape index (κ2) is 11.8. The predicted octanol–water partition coefficient (Wildman–Crippen LogP) is 2.72. The summed E-state index contributed by atoms with van der Waals surface area (Å²) in [5.41, 5.74) is 7.12. The Hall–Kier alpha value is -3.50. The molecule has 0 saturated carbocycles. The molecule has 10 nitrogen and oxygen atoms in total. The standard InChI is InChI=1S/C25H34N6O4/c1-17(2)13-27-24(33)35-15-19-11-8-12-21-29-30-22(31(19)21)20(28-23(32)25(3,4)26)16-34-14-18-9-6-5-7-10-18/h5-12,17,20H,13-16,26H2,1-4H3,(H,27,33)(H,28,32)/t20-/m1/s1. The number of amides is 2. The number of nitrogens with two attached hydrogens (primary N) is 1. The van der Waals surface area contributed by atoms with Gasteiger partial charge in [0.25, 0.3) is 0 Å². The fourth-order valence-electron chi connectivity index (χ4n) is 3.24. The van der Waals surface area contributed by atoms with Gasteiger partial charge < -0.3 is 25.8 Å². The van der Waals surface area contributed by atoms with Crippen LogP contribution < -0.4 is 16.4 Å². The SMILES string of the molecule is CC(C)CNC(=O)OCc1cccc2nnc([C@@H](COCc3ccccc3)NC(=O)C(C)(C)N)n12. The number of alkyl carbamates (subject to hydrolysis) is 1. The average Bonchev–Trinajstić information content (AvgIpc) is 3.25. The molecule has 2 aromatic heterocycles. The predicted molar refractivity (Wildman–Crippen MR) is 131 cm³/mol. The number of carbonyl (C=O) groups excluding carboxylic acids is 2. The molecule has 0 radical (unpaired) electrons. The van der Waals surface area contributed by atoms with E-state index in [1.165, 1.54) is 0 Å². The van der Waals surface area contributed by atoms with Crippen LogP contribution in [0.4, 0.5) is 4.79 Å². The van der Waals surface area contributed by atoms with Crippen LogP contribution in [0.5, 0.6) is 0 Å². The van der Waals surface area contributed by atoms with Gasteiger partial charge in [0.05, 0.1) is 24.4 Å². The maximum absolute atomic E-state index is 12.7. The second-order valence-electron chi connectivity index (χ2n) is 9.37. The molecule has 188 valence electrons. The van der Waals surface area contributed by atoms with Gasteiger partial charge in [0.1, 0.15) is 12.6 Å². The topological polar surface area (TPSA) is 133 Å². The fraction of sp³-hybridized carbons (Fsp3) is 0.440. The Morgan fingerprint density at radius 2 is 1.80 bits per heavy atom. The van der Waals surface area contributed by atoms with Gasteiger partial charge in [-0.15, -0.1) is 10.2 Å². The molecular weight excluding hydrogens is 448 g/mol. The molecule has 0 bridgehead atoms. The molecule has 10 heteroatoms. The molecule has 2 heterocycles. The number of rotatable bonds is 11. The number of carbonyl (C=O) groups is 2. The third-order valence-electron chi connectivity index (χ3n) is 5.14. The molecule has 4 N–H and O–H groups in total. The second-order valence-corrected chi connectivity index (χ2v) is 9.37. The minimum Gasteiger partial charge on any atom is -0.443 e. The van der Waals surface area contributed by atoms with Crippen molar-refractivity contribution in [2.75, 3.05) is 13.2 Å². The zero-order valence-electron chi connectivity index (χ0n) is 20.7. The van der Waals surface area contributed by atoms with Crippen molar-refractivity contribution in [1.82, 2.24) is 25.2 Å².